The zero-order valence-corrected chi connectivity index (χ0v) is 15.6. The van der Waals surface area contributed by atoms with Crippen molar-refractivity contribution in [1.29, 1.82) is 0 Å². The number of rotatable bonds is 3. The molecule has 130 valence electrons. The lowest BCUT2D eigenvalue weighted by molar-refractivity contribution is -0.230. The molecule has 0 N–H and O–H groups in total. The van der Waals surface area contributed by atoms with Crippen LogP contribution in [0.15, 0.2) is 0 Å². The SMILES string of the molecule is COCO[C@H]1[C@H]2O[C@H]3[C@H](Br)[C@@H]4C[C@H]3[C@H]2[C@@H]4[C@@]12OC(C)(C)O[C@H]2C. The largest absolute Gasteiger partial charge is 0.370 e. The predicted molar refractivity (Wildman–Crippen MR) is 85.1 cm³/mol. The molecule has 0 amide bonds. The molecule has 6 heteroatoms. The van der Waals surface area contributed by atoms with E-state index < -0.39 is 11.4 Å². The van der Waals surface area contributed by atoms with Crippen molar-refractivity contribution >= 4 is 15.9 Å². The zero-order valence-electron chi connectivity index (χ0n) is 14.0. The normalized spacial score (nSPS) is 61.2. The van der Waals surface area contributed by atoms with Crippen LogP contribution in [0.5, 0.6) is 0 Å². The Morgan fingerprint density at radius 1 is 1.22 bits per heavy atom. The molecule has 2 saturated heterocycles. The second-order valence-electron chi connectivity index (χ2n) is 8.29. The van der Waals surface area contributed by atoms with Crippen LogP contribution in [0, 0.1) is 23.7 Å². The van der Waals surface area contributed by atoms with Gasteiger partial charge in [0.15, 0.2) is 5.79 Å². The van der Waals surface area contributed by atoms with Gasteiger partial charge in [-0.2, -0.15) is 0 Å². The van der Waals surface area contributed by atoms with E-state index in [9.17, 15) is 0 Å². The van der Waals surface area contributed by atoms with Gasteiger partial charge in [-0.05, 0) is 44.9 Å². The highest BCUT2D eigenvalue weighted by Gasteiger charge is 2.81. The third kappa shape index (κ3) is 1.71. The van der Waals surface area contributed by atoms with Gasteiger partial charge in [0.2, 0.25) is 0 Å². The number of halogens is 1. The lowest BCUT2D eigenvalue weighted by atomic mass is 9.73. The number of hydrogen-bond acceptors (Lipinski definition) is 5. The number of fused-ring (bicyclic) bond motifs is 3. The second kappa shape index (κ2) is 4.71. The van der Waals surface area contributed by atoms with Gasteiger partial charge in [0, 0.05) is 17.9 Å². The average Bonchev–Trinajstić information content (AvgIpc) is 3.16. The number of methoxy groups -OCH3 is 1. The van der Waals surface area contributed by atoms with Gasteiger partial charge in [-0.15, -0.1) is 0 Å². The molecule has 3 aliphatic carbocycles. The summed E-state index contributed by atoms with van der Waals surface area (Å²) in [6.07, 6.45) is 1.53. The minimum Gasteiger partial charge on any atom is -0.370 e. The highest BCUT2D eigenvalue weighted by molar-refractivity contribution is 9.09. The molecule has 3 saturated carbocycles. The van der Waals surface area contributed by atoms with Gasteiger partial charge in [-0.1, -0.05) is 15.9 Å². The molecule has 5 aliphatic rings. The fraction of sp³-hybridized carbons (Fsp3) is 1.00. The van der Waals surface area contributed by atoms with Crippen molar-refractivity contribution in [3.8, 4) is 0 Å². The van der Waals surface area contributed by atoms with E-state index in [1.165, 1.54) is 6.42 Å². The quantitative estimate of drug-likeness (QED) is 0.548. The molecule has 2 bridgehead atoms. The summed E-state index contributed by atoms with van der Waals surface area (Å²) in [6, 6.07) is 0. The van der Waals surface area contributed by atoms with Crippen LogP contribution in [-0.2, 0) is 23.7 Å². The standard InChI is InChI=1S/C17H25BrO5/c1-7-17(23-16(2,3)22-7)11-9-5-8-10(11)14(15(17)20-6-19-4)21-13(8)12(9)18/h7-15H,5-6H2,1-4H3/t7-,8-,9+,10-,11+,12+,13+,14-,15-,17+/m0/s1. The first-order chi connectivity index (χ1) is 10.9. The summed E-state index contributed by atoms with van der Waals surface area (Å²) < 4.78 is 30.7. The van der Waals surface area contributed by atoms with Gasteiger partial charge < -0.3 is 23.7 Å². The van der Waals surface area contributed by atoms with Gasteiger partial charge >= 0.3 is 0 Å². The molecular weight excluding hydrogens is 364 g/mol. The minimum absolute atomic E-state index is 0.0175. The van der Waals surface area contributed by atoms with E-state index in [0.29, 0.717) is 34.6 Å². The molecule has 1 spiro atoms. The van der Waals surface area contributed by atoms with E-state index in [2.05, 4.69) is 22.9 Å². The lowest BCUT2D eigenvalue weighted by Crippen LogP contribution is -2.58. The van der Waals surface area contributed by atoms with Crippen LogP contribution in [0.1, 0.15) is 27.2 Å². The second-order valence-corrected chi connectivity index (χ2v) is 9.34. The van der Waals surface area contributed by atoms with Crippen LogP contribution in [0.25, 0.3) is 0 Å². The van der Waals surface area contributed by atoms with Crippen molar-refractivity contribution < 1.29 is 23.7 Å². The monoisotopic (exact) mass is 388 g/mol. The Balaban J connectivity index is 1.60. The van der Waals surface area contributed by atoms with Gasteiger partial charge in [0.25, 0.3) is 0 Å². The Morgan fingerprint density at radius 2 is 2.00 bits per heavy atom. The van der Waals surface area contributed by atoms with Gasteiger partial charge in [-0.3, -0.25) is 0 Å². The first-order valence-electron chi connectivity index (χ1n) is 8.69. The predicted octanol–water partition coefficient (Wildman–Crippen LogP) is 2.31. The van der Waals surface area contributed by atoms with Crippen molar-refractivity contribution in [2.45, 2.75) is 67.8 Å². The third-order valence-electron chi connectivity index (χ3n) is 6.90. The van der Waals surface area contributed by atoms with Gasteiger partial charge in [0.05, 0.1) is 18.3 Å². The highest BCUT2D eigenvalue weighted by atomic mass is 79.9. The maximum Gasteiger partial charge on any atom is 0.164 e. The van der Waals surface area contributed by atoms with Gasteiger partial charge in [-0.25, -0.2) is 0 Å². The van der Waals surface area contributed by atoms with E-state index in [1.807, 2.05) is 13.8 Å². The van der Waals surface area contributed by atoms with Crippen LogP contribution in [0.4, 0.5) is 0 Å². The van der Waals surface area contributed by atoms with Crippen molar-refractivity contribution in [3.05, 3.63) is 0 Å². The van der Waals surface area contributed by atoms with Crippen LogP contribution in [0.3, 0.4) is 0 Å². The highest BCUT2D eigenvalue weighted by Crippen LogP contribution is 2.72. The maximum atomic E-state index is 6.63. The molecule has 0 aromatic rings. The molecule has 0 aromatic heterocycles. The Kier molecular flexibility index (Phi) is 3.18. The molecule has 2 heterocycles. The summed E-state index contributed by atoms with van der Waals surface area (Å²) in [5, 5.41) is 0. The Hall–Kier alpha value is 0.280. The van der Waals surface area contributed by atoms with Crippen molar-refractivity contribution in [2.75, 3.05) is 13.9 Å². The molecular formula is C17H25BrO5. The molecule has 5 fully saturated rings. The fourth-order valence-corrected chi connectivity index (χ4v) is 7.69. The van der Waals surface area contributed by atoms with Gasteiger partial charge in [0.1, 0.15) is 18.5 Å². The van der Waals surface area contributed by atoms with Crippen LogP contribution in [0.2, 0.25) is 0 Å². The third-order valence-corrected chi connectivity index (χ3v) is 8.10. The minimum atomic E-state index is -0.588. The summed E-state index contributed by atoms with van der Waals surface area (Å²) in [5.74, 6) is 1.58. The topological polar surface area (TPSA) is 46.2 Å². The first-order valence-corrected chi connectivity index (χ1v) is 9.60. The first kappa shape index (κ1) is 15.5. The van der Waals surface area contributed by atoms with Crippen LogP contribution in [-0.4, -0.2) is 54.5 Å². The van der Waals surface area contributed by atoms with E-state index >= 15 is 0 Å². The molecule has 23 heavy (non-hydrogen) atoms. The summed E-state index contributed by atoms with van der Waals surface area (Å²) in [5.41, 5.74) is -0.436. The van der Waals surface area contributed by atoms with E-state index in [-0.39, 0.29) is 25.1 Å². The molecule has 10 atom stereocenters. The number of ether oxygens (including phenoxy) is 5. The zero-order chi connectivity index (χ0) is 16.1. The molecule has 0 unspecified atom stereocenters. The fourth-order valence-electron chi connectivity index (χ4n) is 6.63. The summed E-state index contributed by atoms with van der Waals surface area (Å²) >= 11 is 3.92. The molecule has 2 aliphatic heterocycles. The summed E-state index contributed by atoms with van der Waals surface area (Å²) in [4.78, 5) is 0.429. The maximum absolute atomic E-state index is 6.63. The Bertz CT molecular complexity index is 527. The van der Waals surface area contributed by atoms with Crippen molar-refractivity contribution in [3.63, 3.8) is 0 Å². The molecule has 5 rings (SSSR count). The number of hydrogen-bond donors (Lipinski definition) is 0. The lowest BCUT2D eigenvalue weighted by Gasteiger charge is -2.44. The van der Waals surface area contributed by atoms with E-state index in [1.54, 1.807) is 7.11 Å². The van der Waals surface area contributed by atoms with E-state index in [4.69, 9.17) is 23.7 Å². The molecule has 0 radical (unpaired) electrons. The van der Waals surface area contributed by atoms with Crippen LogP contribution < -0.4 is 0 Å². The van der Waals surface area contributed by atoms with Crippen molar-refractivity contribution in [2.24, 2.45) is 23.7 Å². The van der Waals surface area contributed by atoms with Crippen LogP contribution >= 0.6 is 15.9 Å². The average molecular weight is 389 g/mol. The summed E-state index contributed by atoms with van der Waals surface area (Å²) in [7, 11) is 1.66. The van der Waals surface area contributed by atoms with E-state index in [0.717, 1.165) is 0 Å². The molecule has 5 nitrogen and oxygen atoms in total. The number of alkyl halides is 1. The Labute approximate surface area is 145 Å². The summed E-state index contributed by atoms with van der Waals surface area (Å²) in [6.45, 7) is 6.40. The molecule has 0 aromatic carbocycles. The smallest absolute Gasteiger partial charge is 0.164 e. The van der Waals surface area contributed by atoms with Crippen molar-refractivity contribution in [1.82, 2.24) is 0 Å². The Morgan fingerprint density at radius 3 is 2.65 bits per heavy atom.